The van der Waals surface area contributed by atoms with Crippen LogP contribution in [0.1, 0.15) is 16.8 Å². The molecule has 7 nitrogen and oxygen atoms in total. The van der Waals surface area contributed by atoms with Crippen molar-refractivity contribution in [1.29, 1.82) is 0 Å². The van der Waals surface area contributed by atoms with E-state index in [0.717, 1.165) is 41.5 Å². The maximum atomic E-state index is 13.3. The predicted octanol–water partition coefficient (Wildman–Crippen LogP) is 3.01. The molecule has 4 heterocycles. The third-order valence-corrected chi connectivity index (χ3v) is 7.55. The first-order valence-electron chi connectivity index (χ1n) is 11.0. The number of rotatable bonds is 4. The van der Waals surface area contributed by atoms with Gasteiger partial charge >= 0.3 is 0 Å². The van der Waals surface area contributed by atoms with Gasteiger partial charge in [-0.15, -0.1) is 0 Å². The summed E-state index contributed by atoms with van der Waals surface area (Å²) in [6.07, 6.45) is 8.06. The molecule has 2 aromatic heterocycles. The van der Waals surface area contributed by atoms with Crippen molar-refractivity contribution < 1.29 is 9.00 Å². The molecule has 2 saturated heterocycles. The zero-order valence-corrected chi connectivity index (χ0v) is 19.0. The largest absolute Gasteiger partial charge is 0.333 e. The van der Waals surface area contributed by atoms with E-state index in [-0.39, 0.29) is 11.9 Å². The van der Waals surface area contributed by atoms with Crippen LogP contribution in [-0.4, -0.2) is 61.0 Å². The first-order valence-corrected chi connectivity index (χ1v) is 12.5. The average Bonchev–Trinajstić information content (AvgIpc) is 3.58. The van der Waals surface area contributed by atoms with E-state index in [9.17, 15) is 9.00 Å². The van der Waals surface area contributed by atoms with Crippen molar-refractivity contribution in [2.45, 2.75) is 23.4 Å². The second-order valence-corrected chi connectivity index (χ2v) is 9.99. The Morgan fingerprint density at radius 3 is 2.55 bits per heavy atom. The number of hydrogen-bond donors (Lipinski definition) is 1. The summed E-state index contributed by atoms with van der Waals surface area (Å²) in [5.74, 6) is 0.517. The lowest BCUT2D eigenvalue weighted by Gasteiger charge is -2.27. The SMILES string of the molecule is CS(=O)c1cn(-c2ncc(-c3ccccc3)cn2)c2cc(C(=O)N3C[C@H]4C[C@@H]3CN4)ccc12. The van der Waals surface area contributed by atoms with Gasteiger partial charge in [-0.2, -0.15) is 0 Å². The number of hydrogen-bond acceptors (Lipinski definition) is 5. The van der Waals surface area contributed by atoms with E-state index < -0.39 is 10.8 Å². The Bertz CT molecular complexity index is 1380. The second-order valence-electron chi connectivity index (χ2n) is 8.64. The van der Waals surface area contributed by atoms with Crippen LogP contribution in [0.2, 0.25) is 0 Å². The topological polar surface area (TPSA) is 80.1 Å². The van der Waals surface area contributed by atoms with Gasteiger partial charge in [0.2, 0.25) is 5.95 Å². The Labute approximate surface area is 193 Å². The number of piperazine rings is 1. The number of nitrogens with zero attached hydrogens (tertiary/aromatic N) is 4. The molecule has 0 spiro atoms. The van der Waals surface area contributed by atoms with E-state index in [1.54, 1.807) is 18.6 Å². The third kappa shape index (κ3) is 3.46. The van der Waals surface area contributed by atoms with Crippen LogP contribution in [0.5, 0.6) is 0 Å². The smallest absolute Gasteiger partial charge is 0.254 e. The average molecular weight is 458 g/mol. The molecule has 2 aliphatic heterocycles. The molecule has 1 N–H and O–H groups in total. The first kappa shape index (κ1) is 20.3. The van der Waals surface area contributed by atoms with Crippen LogP contribution in [0.3, 0.4) is 0 Å². The van der Waals surface area contributed by atoms with Gasteiger partial charge in [0.15, 0.2) is 0 Å². The van der Waals surface area contributed by atoms with E-state index in [2.05, 4.69) is 15.3 Å². The van der Waals surface area contributed by atoms with E-state index >= 15 is 0 Å². The summed E-state index contributed by atoms with van der Waals surface area (Å²) in [7, 11) is -1.19. The summed E-state index contributed by atoms with van der Waals surface area (Å²) in [5.41, 5.74) is 3.37. The molecular weight excluding hydrogens is 434 g/mol. The molecule has 2 fully saturated rings. The zero-order chi connectivity index (χ0) is 22.5. The molecule has 6 rings (SSSR count). The Morgan fingerprint density at radius 2 is 1.88 bits per heavy atom. The van der Waals surface area contributed by atoms with Gasteiger partial charge in [-0.05, 0) is 24.1 Å². The van der Waals surface area contributed by atoms with E-state index in [1.807, 2.05) is 64.2 Å². The predicted molar refractivity (Wildman–Crippen MR) is 128 cm³/mol. The van der Waals surface area contributed by atoms with Gasteiger partial charge in [-0.25, -0.2) is 9.97 Å². The van der Waals surface area contributed by atoms with Crippen molar-refractivity contribution in [2.24, 2.45) is 0 Å². The van der Waals surface area contributed by atoms with Gasteiger partial charge in [-0.1, -0.05) is 36.4 Å². The maximum Gasteiger partial charge on any atom is 0.254 e. The molecule has 2 bridgehead atoms. The highest BCUT2D eigenvalue weighted by atomic mass is 32.2. The molecular formula is C25H23N5O2S. The van der Waals surface area contributed by atoms with Crippen LogP contribution in [-0.2, 0) is 10.8 Å². The van der Waals surface area contributed by atoms with Crippen molar-refractivity contribution >= 4 is 27.6 Å². The molecule has 4 aromatic rings. The molecule has 0 aliphatic carbocycles. The van der Waals surface area contributed by atoms with Gasteiger partial charge in [0.05, 0.1) is 21.2 Å². The highest BCUT2D eigenvalue weighted by molar-refractivity contribution is 7.84. The lowest BCUT2D eigenvalue weighted by Crippen LogP contribution is -2.46. The number of carbonyl (C=O) groups is 1. The number of fused-ring (bicyclic) bond motifs is 3. The van der Waals surface area contributed by atoms with Crippen molar-refractivity contribution in [3.05, 3.63) is 72.7 Å². The number of amides is 1. The van der Waals surface area contributed by atoms with E-state index in [0.29, 0.717) is 22.4 Å². The highest BCUT2D eigenvalue weighted by Crippen LogP contribution is 2.30. The number of nitrogens with one attached hydrogen (secondary N) is 1. The van der Waals surface area contributed by atoms with Gasteiger partial charge in [0.1, 0.15) is 0 Å². The molecule has 2 aliphatic rings. The van der Waals surface area contributed by atoms with Crippen LogP contribution in [0.15, 0.2) is 72.0 Å². The summed E-state index contributed by atoms with van der Waals surface area (Å²) in [6.45, 7) is 1.60. The molecule has 33 heavy (non-hydrogen) atoms. The fraction of sp³-hybridized carbons (Fsp3) is 0.240. The molecule has 0 radical (unpaired) electrons. The molecule has 8 heteroatoms. The van der Waals surface area contributed by atoms with Crippen LogP contribution < -0.4 is 5.32 Å². The third-order valence-electron chi connectivity index (χ3n) is 6.60. The Hall–Kier alpha value is -3.36. The Kier molecular flexibility index (Phi) is 4.85. The molecule has 166 valence electrons. The van der Waals surface area contributed by atoms with Crippen LogP contribution in [0.4, 0.5) is 0 Å². The summed E-state index contributed by atoms with van der Waals surface area (Å²) >= 11 is 0. The first-order chi connectivity index (χ1) is 16.1. The minimum atomic E-state index is -1.19. The minimum Gasteiger partial charge on any atom is -0.333 e. The standard InChI is InChI=1S/C25H23N5O2S/c1-33(32)23-15-30(25-27-11-18(12-28-25)16-5-3-2-4-6-16)22-9-17(7-8-21(22)23)24(31)29-14-19-10-20(29)13-26-19/h2-9,11-12,15,19-20,26H,10,13-14H2,1H3/t19-,20-,33?/m1/s1. The lowest BCUT2D eigenvalue weighted by atomic mass is 10.1. The second kappa shape index (κ2) is 7.90. The van der Waals surface area contributed by atoms with E-state index in [4.69, 9.17) is 0 Å². The van der Waals surface area contributed by atoms with Crippen LogP contribution in [0, 0.1) is 0 Å². The van der Waals surface area contributed by atoms with Crippen molar-refractivity contribution in [2.75, 3.05) is 19.3 Å². The van der Waals surface area contributed by atoms with Gasteiger partial charge in [0.25, 0.3) is 5.91 Å². The lowest BCUT2D eigenvalue weighted by molar-refractivity contribution is 0.0716. The van der Waals surface area contributed by atoms with Gasteiger partial charge in [-0.3, -0.25) is 13.6 Å². The Morgan fingerprint density at radius 1 is 1.09 bits per heavy atom. The molecule has 1 amide bonds. The molecule has 0 saturated carbocycles. The molecule has 1 unspecified atom stereocenters. The number of likely N-dealkylation sites (tertiary alicyclic amines) is 1. The normalized spacial score (nSPS) is 20.5. The summed E-state index contributed by atoms with van der Waals surface area (Å²) in [5, 5.41) is 4.28. The van der Waals surface area contributed by atoms with Gasteiger partial charge < -0.3 is 10.2 Å². The summed E-state index contributed by atoms with van der Waals surface area (Å²) in [6, 6.07) is 16.2. The maximum absolute atomic E-state index is 13.3. The fourth-order valence-electron chi connectivity index (χ4n) is 4.92. The van der Waals surface area contributed by atoms with Crippen molar-refractivity contribution in [1.82, 2.24) is 24.8 Å². The van der Waals surface area contributed by atoms with Crippen molar-refractivity contribution in [3.8, 4) is 17.1 Å². The summed E-state index contributed by atoms with van der Waals surface area (Å²) < 4.78 is 14.3. The number of benzene rings is 2. The quantitative estimate of drug-likeness (QED) is 0.510. The van der Waals surface area contributed by atoms with Gasteiger partial charge in [0, 0.05) is 66.5 Å². The minimum absolute atomic E-state index is 0.0400. The van der Waals surface area contributed by atoms with Crippen LogP contribution >= 0.6 is 0 Å². The van der Waals surface area contributed by atoms with Crippen LogP contribution in [0.25, 0.3) is 28.0 Å². The molecule has 3 atom stereocenters. The fourth-order valence-corrected chi connectivity index (χ4v) is 5.66. The monoisotopic (exact) mass is 457 g/mol. The number of carbonyl (C=O) groups excluding carboxylic acids is 1. The number of aromatic nitrogens is 3. The molecule has 2 aromatic carbocycles. The van der Waals surface area contributed by atoms with Crippen molar-refractivity contribution in [3.63, 3.8) is 0 Å². The summed E-state index contributed by atoms with van der Waals surface area (Å²) in [4.78, 5) is 25.1. The Balaban J connectivity index is 1.41. The van der Waals surface area contributed by atoms with E-state index in [1.165, 1.54) is 0 Å². The zero-order valence-electron chi connectivity index (χ0n) is 18.1. The highest BCUT2D eigenvalue weighted by Gasteiger charge is 2.40.